The fraction of sp³-hybridized carbons (Fsp3) is 0.0833. The van der Waals surface area contributed by atoms with Crippen molar-refractivity contribution in [3.8, 4) is 5.75 Å². The Morgan fingerprint density at radius 1 is 0.968 bits per heavy atom. The first kappa shape index (κ1) is 18.3. The summed E-state index contributed by atoms with van der Waals surface area (Å²) in [5, 5.41) is 7.91. The van der Waals surface area contributed by atoms with Crippen LogP contribution in [0, 0.1) is 5.82 Å². The lowest BCUT2D eigenvalue weighted by Gasteiger charge is -2.39. The Labute approximate surface area is 186 Å². The van der Waals surface area contributed by atoms with Gasteiger partial charge in [-0.2, -0.15) is 10.1 Å². The normalized spacial score (nSPS) is 19.0. The van der Waals surface area contributed by atoms with E-state index in [-0.39, 0.29) is 11.9 Å². The second-order valence-corrected chi connectivity index (χ2v) is 8.37. The van der Waals surface area contributed by atoms with Gasteiger partial charge >= 0.3 is 0 Å². The Balaban J connectivity index is 1.65. The molecule has 31 heavy (non-hydrogen) atoms. The van der Waals surface area contributed by atoms with E-state index < -0.39 is 6.10 Å². The Hall–Kier alpha value is -3.45. The van der Waals surface area contributed by atoms with E-state index in [9.17, 15) is 4.39 Å². The van der Waals surface area contributed by atoms with Gasteiger partial charge in [-0.1, -0.05) is 58.4 Å². The number of ether oxygens (including phenoxy) is 1. The maximum Gasteiger partial charge on any atom is 0.226 e. The van der Waals surface area contributed by atoms with E-state index in [4.69, 9.17) is 4.74 Å². The third-order valence-electron chi connectivity index (χ3n) is 5.69. The molecule has 2 aliphatic heterocycles. The molecule has 2 atom stereocenters. The minimum Gasteiger partial charge on any atom is -0.480 e. The number of anilines is 1. The van der Waals surface area contributed by atoms with Crippen molar-refractivity contribution in [1.82, 2.24) is 14.8 Å². The highest BCUT2D eigenvalue weighted by Crippen LogP contribution is 2.50. The predicted molar refractivity (Wildman–Crippen MR) is 119 cm³/mol. The van der Waals surface area contributed by atoms with E-state index in [0.717, 1.165) is 26.9 Å². The molecule has 0 fully saturated rings. The number of hydrogen-bond donors (Lipinski definition) is 1. The van der Waals surface area contributed by atoms with Crippen LogP contribution in [0.2, 0.25) is 0 Å². The maximum atomic E-state index is 15.0. The van der Waals surface area contributed by atoms with Crippen molar-refractivity contribution >= 4 is 27.6 Å². The minimum absolute atomic E-state index is 0.306. The number of fused-ring (bicyclic) bond motifs is 3. The first-order chi connectivity index (χ1) is 15.2. The van der Waals surface area contributed by atoms with Gasteiger partial charge in [-0.15, -0.1) is 0 Å². The molecular formula is C24H16BrFN4O. The second kappa shape index (κ2) is 7.06. The molecule has 1 aromatic heterocycles. The third-order valence-corrected chi connectivity index (χ3v) is 6.22. The highest BCUT2D eigenvalue weighted by atomic mass is 79.9. The van der Waals surface area contributed by atoms with E-state index >= 15 is 0 Å². The summed E-state index contributed by atoms with van der Waals surface area (Å²) >= 11 is 3.51. The largest absolute Gasteiger partial charge is 0.480 e. The Bertz CT molecular complexity index is 1330. The molecule has 1 N–H and O–H groups in total. The highest BCUT2D eigenvalue weighted by Gasteiger charge is 2.41. The lowest BCUT2D eigenvalue weighted by Crippen LogP contribution is -2.32. The van der Waals surface area contributed by atoms with E-state index in [1.807, 2.05) is 59.3 Å². The number of nitrogens with one attached hydrogen (secondary N) is 1. The molecule has 5 nitrogen and oxygen atoms in total. The van der Waals surface area contributed by atoms with Gasteiger partial charge in [0.15, 0.2) is 6.10 Å². The molecule has 0 radical (unpaired) electrons. The zero-order valence-electron chi connectivity index (χ0n) is 16.2. The monoisotopic (exact) mass is 474 g/mol. The second-order valence-electron chi connectivity index (χ2n) is 7.45. The smallest absolute Gasteiger partial charge is 0.226 e. The summed E-state index contributed by atoms with van der Waals surface area (Å²) in [6, 6.07) is 22.3. The van der Waals surface area contributed by atoms with Crippen molar-refractivity contribution in [3.63, 3.8) is 0 Å². The van der Waals surface area contributed by atoms with Crippen LogP contribution in [0.15, 0.2) is 89.2 Å². The number of benzene rings is 3. The number of rotatable bonds is 2. The molecule has 0 saturated carbocycles. The van der Waals surface area contributed by atoms with Crippen molar-refractivity contribution < 1.29 is 9.13 Å². The fourth-order valence-corrected chi connectivity index (χ4v) is 4.59. The number of halogens is 2. The molecule has 0 saturated heterocycles. The standard InChI is InChI=1S/C24H16BrFN4O/c25-15-11-9-14(10-12-15)22-20-21(29-24-27-13-28-30(22)24)17-6-2-4-8-19(17)31-23(20)16-5-1-3-7-18(16)26/h1-13,22-23H,(H,27,28,29)/t22-,23-/m1/s1. The summed E-state index contributed by atoms with van der Waals surface area (Å²) in [5.41, 5.74) is 4.18. The number of nitrogens with zero attached hydrogens (tertiary/aromatic N) is 3. The van der Waals surface area contributed by atoms with Crippen LogP contribution >= 0.6 is 15.9 Å². The van der Waals surface area contributed by atoms with Gasteiger partial charge in [-0.3, -0.25) is 0 Å². The van der Waals surface area contributed by atoms with Gasteiger partial charge in [-0.05, 0) is 35.9 Å². The molecule has 4 aromatic rings. The van der Waals surface area contributed by atoms with Gasteiger partial charge in [0.25, 0.3) is 0 Å². The average Bonchev–Trinajstić information content (AvgIpc) is 3.27. The molecule has 3 heterocycles. The molecular weight excluding hydrogens is 459 g/mol. The quantitative estimate of drug-likeness (QED) is 0.402. The van der Waals surface area contributed by atoms with Gasteiger partial charge in [0.1, 0.15) is 23.9 Å². The van der Waals surface area contributed by atoms with Crippen LogP contribution in [0.3, 0.4) is 0 Å². The molecule has 0 amide bonds. The zero-order valence-corrected chi connectivity index (χ0v) is 17.8. The minimum atomic E-state index is -0.621. The Kier molecular flexibility index (Phi) is 4.17. The van der Waals surface area contributed by atoms with Crippen LogP contribution in [0.5, 0.6) is 5.75 Å². The van der Waals surface area contributed by atoms with Crippen LogP contribution in [0.25, 0.3) is 5.70 Å². The molecule has 0 unspecified atom stereocenters. The van der Waals surface area contributed by atoms with Crippen molar-refractivity contribution in [3.05, 3.63) is 112 Å². The van der Waals surface area contributed by atoms with Crippen LogP contribution in [-0.2, 0) is 0 Å². The Morgan fingerprint density at radius 2 is 1.74 bits per heavy atom. The summed E-state index contributed by atoms with van der Waals surface area (Å²) in [6.45, 7) is 0. The highest BCUT2D eigenvalue weighted by molar-refractivity contribution is 9.10. The number of aromatic nitrogens is 3. The molecule has 3 aromatic carbocycles. The van der Waals surface area contributed by atoms with Gasteiger partial charge in [0.2, 0.25) is 5.95 Å². The molecule has 0 spiro atoms. The summed E-state index contributed by atoms with van der Waals surface area (Å²) < 4.78 is 24.2. The van der Waals surface area contributed by atoms with Crippen LogP contribution in [0.1, 0.15) is 28.8 Å². The van der Waals surface area contributed by atoms with Crippen molar-refractivity contribution in [2.75, 3.05) is 5.32 Å². The van der Waals surface area contributed by atoms with Crippen molar-refractivity contribution in [1.29, 1.82) is 0 Å². The fourth-order valence-electron chi connectivity index (χ4n) is 4.33. The molecule has 2 aliphatic rings. The van der Waals surface area contributed by atoms with Gasteiger partial charge in [0, 0.05) is 21.2 Å². The lowest BCUT2D eigenvalue weighted by atomic mass is 9.84. The summed E-state index contributed by atoms with van der Waals surface area (Å²) in [7, 11) is 0. The average molecular weight is 475 g/mol. The molecule has 7 heteroatoms. The lowest BCUT2D eigenvalue weighted by molar-refractivity contribution is 0.218. The predicted octanol–water partition coefficient (Wildman–Crippen LogP) is 5.74. The van der Waals surface area contributed by atoms with Crippen molar-refractivity contribution in [2.45, 2.75) is 12.1 Å². The van der Waals surface area contributed by atoms with Crippen LogP contribution in [0.4, 0.5) is 10.3 Å². The topological polar surface area (TPSA) is 52.0 Å². The number of hydrogen-bond acceptors (Lipinski definition) is 4. The van der Waals surface area contributed by atoms with Gasteiger partial charge in [0.05, 0.1) is 5.70 Å². The van der Waals surface area contributed by atoms with Gasteiger partial charge < -0.3 is 10.1 Å². The van der Waals surface area contributed by atoms with Crippen molar-refractivity contribution in [2.24, 2.45) is 0 Å². The SMILES string of the molecule is Fc1ccccc1[C@H]1Oc2ccccc2C2=C1[C@@H](c1ccc(Br)cc1)n1ncnc1N2. The third kappa shape index (κ3) is 2.88. The maximum absolute atomic E-state index is 15.0. The summed E-state index contributed by atoms with van der Waals surface area (Å²) in [6.07, 6.45) is 0.905. The number of para-hydroxylation sites is 1. The summed E-state index contributed by atoms with van der Waals surface area (Å²) in [5.74, 6) is 1.03. The van der Waals surface area contributed by atoms with Gasteiger partial charge in [-0.25, -0.2) is 9.07 Å². The molecule has 0 aliphatic carbocycles. The Morgan fingerprint density at radius 3 is 2.58 bits per heavy atom. The summed E-state index contributed by atoms with van der Waals surface area (Å²) in [4.78, 5) is 4.41. The van der Waals surface area contributed by atoms with E-state index in [0.29, 0.717) is 17.3 Å². The molecule has 152 valence electrons. The van der Waals surface area contributed by atoms with Crippen LogP contribution < -0.4 is 10.1 Å². The molecule has 0 bridgehead atoms. The van der Waals surface area contributed by atoms with Crippen LogP contribution in [-0.4, -0.2) is 14.8 Å². The van der Waals surface area contributed by atoms with E-state index in [1.54, 1.807) is 12.1 Å². The molecule has 6 rings (SSSR count). The van der Waals surface area contributed by atoms with E-state index in [2.05, 4.69) is 31.3 Å². The first-order valence-electron chi connectivity index (χ1n) is 9.87. The first-order valence-corrected chi connectivity index (χ1v) is 10.7. The zero-order chi connectivity index (χ0) is 20.9. The van der Waals surface area contributed by atoms with E-state index in [1.165, 1.54) is 12.4 Å².